The van der Waals surface area contributed by atoms with Crippen LogP contribution in [0.5, 0.6) is 0 Å². The highest BCUT2D eigenvalue weighted by Gasteiger charge is 2.37. The molecule has 1 saturated heterocycles. The van der Waals surface area contributed by atoms with Crippen molar-refractivity contribution in [3.63, 3.8) is 0 Å². The Labute approximate surface area is 165 Å². The number of ether oxygens (including phenoxy) is 1. The van der Waals surface area contributed by atoms with Crippen LogP contribution in [0.2, 0.25) is 0 Å². The van der Waals surface area contributed by atoms with Gasteiger partial charge in [0.2, 0.25) is 0 Å². The average molecular weight is 418 g/mol. The molecule has 0 spiro atoms. The third kappa shape index (κ3) is 4.59. The van der Waals surface area contributed by atoms with Gasteiger partial charge in [-0.1, -0.05) is 36.4 Å². The molecule has 0 amide bonds. The summed E-state index contributed by atoms with van der Waals surface area (Å²) >= 11 is 0. The Bertz CT molecular complexity index is 1070. The molecule has 3 heterocycles. The molecule has 0 unspecified atom stereocenters. The first kappa shape index (κ1) is 19.8. The zero-order valence-electron chi connectivity index (χ0n) is 15.1. The van der Waals surface area contributed by atoms with Gasteiger partial charge in [0.15, 0.2) is 5.65 Å². The molecule has 0 saturated carbocycles. The lowest BCUT2D eigenvalue weighted by Gasteiger charge is -2.16. The van der Waals surface area contributed by atoms with Crippen molar-refractivity contribution in [2.75, 3.05) is 6.61 Å². The molecule has 152 valence electrons. The van der Waals surface area contributed by atoms with Crippen molar-refractivity contribution in [2.24, 2.45) is 0 Å². The van der Waals surface area contributed by atoms with E-state index in [0.717, 1.165) is 5.56 Å². The van der Waals surface area contributed by atoms with Gasteiger partial charge >= 0.3 is 7.82 Å². The Balaban J connectivity index is 1.55. The molecule has 3 aromatic rings. The predicted molar refractivity (Wildman–Crippen MR) is 103 cm³/mol. The Hall–Kier alpha value is -2.46. The summed E-state index contributed by atoms with van der Waals surface area (Å²) in [5.41, 5.74) is 2.76. The quantitative estimate of drug-likeness (QED) is 0.511. The third-order valence-electron chi connectivity index (χ3n) is 4.54. The second-order valence-electron chi connectivity index (χ2n) is 6.55. The van der Waals surface area contributed by atoms with Crippen LogP contribution in [-0.2, 0) is 13.8 Å². The fraction of sp³-hybridized carbons (Fsp3) is 0.278. The van der Waals surface area contributed by atoms with Crippen LogP contribution < -0.4 is 0 Å². The van der Waals surface area contributed by atoms with Crippen LogP contribution in [0.1, 0.15) is 23.9 Å². The van der Waals surface area contributed by atoms with E-state index in [-0.39, 0.29) is 6.42 Å². The van der Waals surface area contributed by atoms with E-state index in [2.05, 4.69) is 19.5 Å². The maximum absolute atomic E-state index is 10.9. The number of phosphoric acid groups is 1. The summed E-state index contributed by atoms with van der Waals surface area (Å²) in [6, 6.07) is 9.77. The van der Waals surface area contributed by atoms with Crippen molar-refractivity contribution in [2.45, 2.75) is 24.9 Å². The molecule has 0 bridgehead atoms. The van der Waals surface area contributed by atoms with E-state index in [1.165, 1.54) is 6.33 Å². The van der Waals surface area contributed by atoms with Crippen molar-refractivity contribution in [3.8, 4) is 0 Å². The minimum atomic E-state index is -4.64. The standard InChI is InChI=1S/C18H19N4O6P/c23-14-8-16(28-15(14)9-27-29(24,25)26)22-11-21-17-13(19-10-20-18(17)22)7-6-12-4-2-1-3-5-12/h1-7,10-11,14-16,23H,8-9H2,(H2,24,25,26)/b7-6+/t14-,15+,16+/m0/s1. The molecule has 3 N–H and O–H groups in total. The van der Waals surface area contributed by atoms with Gasteiger partial charge in [0.1, 0.15) is 24.2 Å². The fourth-order valence-corrected chi connectivity index (χ4v) is 3.49. The SMILES string of the molecule is O=P(O)(O)OC[C@H]1O[C@@H](n2cnc3c(/C=C/c4ccccc4)ncnc32)C[C@@H]1O. The van der Waals surface area contributed by atoms with E-state index < -0.39 is 32.9 Å². The molecule has 10 nitrogen and oxygen atoms in total. The van der Waals surface area contributed by atoms with Gasteiger partial charge in [0.25, 0.3) is 0 Å². The van der Waals surface area contributed by atoms with Crippen molar-refractivity contribution < 1.29 is 28.7 Å². The molecular formula is C18H19N4O6P. The number of aromatic nitrogens is 4. The molecule has 4 rings (SSSR count). The number of fused-ring (bicyclic) bond motifs is 1. The summed E-state index contributed by atoms with van der Waals surface area (Å²) in [4.78, 5) is 30.6. The van der Waals surface area contributed by atoms with E-state index in [9.17, 15) is 9.67 Å². The number of rotatable bonds is 6. The maximum Gasteiger partial charge on any atom is 0.469 e. The predicted octanol–water partition coefficient (Wildman–Crippen LogP) is 1.75. The topological polar surface area (TPSA) is 140 Å². The summed E-state index contributed by atoms with van der Waals surface area (Å²) in [6.45, 7) is -0.422. The normalized spacial score (nSPS) is 22.7. The molecule has 1 aromatic carbocycles. The lowest BCUT2D eigenvalue weighted by Crippen LogP contribution is -2.25. The molecule has 2 aromatic heterocycles. The first-order valence-corrected chi connectivity index (χ1v) is 10.4. The number of benzene rings is 1. The van der Waals surface area contributed by atoms with E-state index in [1.54, 1.807) is 10.9 Å². The second-order valence-corrected chi connectivity index (χ2v) is 7.78. The number of nitrogens with zero attached hydrogens (tertiary/aromatic N) is 4. The molecule has 1 aliphatic rings. The maximum atomic E-state index is 10.9. The highest BCUT2D eigenvalue weighted by molar-refractivity contribution is 7.46. The minimum absolute atomic E-state index is 0.208. The first-order chi connectivity index (χ1) is 13.9. The summed E-state index contributed by atoms with van der Waals surface area (Å²) in [7, 11) is -4.64. The molecule has 11 heteroatoms. The van der Waals surface area contributed by atoms with Crippen LogP contribution in [0.25, 0.3) is 23.3 Å². The second kappa shape index (κ2) is 8.11. The van der Waals surface area contributed by atoms with E-state index >= 15 is 0 Å². The van der Waals surface area contributed by atoms with Crippen LogP contribution in [0.15, 0.2) is 43.0 Å². The zero-order chi connectivity index (χ0) is 20.4. The zero-order valence-corrected chi connectivity index (χ0v) is 16.0. The van der Waals surface area contributed by atoms with Crippen molar-refractivity contribution >= 4 is 31.1 Å². The number of aliphatic hydroxyl groups is 1. The van der Waals surface area contributed by atoms with Crippen LogP contribution in [-0.4, -0.2) is 53.2 Å². The molecule has 1 fully saturated rings. The van der Waals surface area contributed by atoms with Gasteiger partial charge in [0, 0.05) is 6.42 Å². The van der Waals surface area contributed by atoms with Crippen LogP contribution in [0.3, 0.4) is 0 Å². The summed E-state index contributed by atoms with van der Waals surface area (Å²) in [5.74, 6) is 0. The number of hydrogen-bond donors (Lipinski definition) is 3. The molecule has 0 aliphatic carbocycles. The fourth-order valence-electron chi connectivity index (χ4n) is 3.15. The number of phosphoric ester groups is 1. The highest BCUT2D eigenvalue weighted by atomic mass is 31.2. The lowest BCUT2D eigenvalue weighted by atomic mass is 10.2. The van der Waals surface area contributed by atoms with Gasteiger partial charge in [-0.25, -0.2) is 19.5 Å². The smallest absolute Gasteiger partial charge is 0.390 e. The number of aliphatic hydroxyl groups excluding tert-OH is 1. The van der Waals surface area contributed by atoms with E-state index in [4.69, 9.17) is 14.5 Å². The van der Waals surface area contributed by atoms with E-state index in [1.807, 2.05) is 42.5 Å². The van der Waals surface area contributed by atoms with Crippen LogP contribution in [0.4, 0.5) is 0 Å². The molecule has 3 atom stereocenters. The van der Waals surface area contributed by atoms with Gasteiger partial charge in [-0.05, 0) is 11.6 Å². The van der Waals surface area contributed by atoms with Gasteiger partial charge in [0.05, 0.1) is 24.7 Å². The van der Waals surface area contributed by atoms with Crippen LogP contribution in [0, 0.1) is 0 Å². The minimum Gasteiger partial charge on any atom is -0.390 e. The first-order valence-electron chi connectivity index (χ1n) is 8.85. The molecule has 0 radical (unpaired) electrons. The van der Waals surface area contributed by atoms with Gasteiger partial charge < -0.3 is 19.6 Å². The van der Waals surface area contributed by atoms with Crippen LogP contribution >= 0.6 is 7.82 Å². The third-order valence-corrected chi connectivity index (χ3v) is 5.03. The Morgan fingerprint density at radius 1 is 1.21 bits per heavy atom. The summed E-state index contributed by atoms with van der Waals surface area (Å²) in [5, 5.41) is 10.2. The lowest BCUT2D eigenvalue weighted by molar-refractivity contribution is -0.0424. The molecule has 1 aliphatic heterocycles. The highest BCUT2D eigenvalue weighted by Crippen LogP contribution is 2.38. The van der Waals surface area contributed by atoms with Crippen molar-refractivity contribution in [1.29, 1.82) is 0 Å². The Kier molecular flexibility index (Phi) is 5.55. The van der Waals surface area contributed by atoms with Gasteiger partial charge in [-0.3, -0.25) is 9.09 Å². The Morgan fingerprint density at radius 3 is 2.76 bits per heavy atom. The van der Waals surface area contributed by atoms with E-state index in [0.29, 0.717) is 16.9 Å². The van der Waals surface area contributed by atoms with Crippen molar-refractivity contribution in [1.82, 2.24) is 19.5 Å². The summed E-state index contributed by atoms with van der Waals surface area (Å²) in [6.07, 6.45) is 4.53. The van der Waals surface area contributed by atoms with Gasteiger partial charge in [-0.2, -0.15) is 0 Å². The number of hydrogen-bond acceptors (Lipinski definition) is 7. The summed E-state index contributed by atoms with van der Waals surface area (Å²) < 4.78 is 22.7. The Morgan fingerprint density at radius 2 is 2.00 bits per heavy atom. The molecule has 29 heavy (non-hydrogen) atoms. The monoisotopic (exact) mass is 418 g/mol. The van der Waals surface area contributed by atoms with Gasteiger partial charge in [-0.15, -0.1) is 0 Å². The van der Waals surface area contributed by atoms with Crippen molar-refractivity contribution in [3.05, 3.63) is 54.2 Å². The number of imidazole rings is 1. The largest absolute Gasteiger partial charge is 0.469 e. The average Bonchev–Trinajstić information content (AvgIpc) is 3.28. The molecular weight excluding hydrogens is 399 g/mol.